The number of benzene rings is 1. The van der Waals surface area contributed by atoms with Crippen molar-refractivity contribution in [2.75, 3.05) is 6.54 Å². The Kier molecular flexibility index (Phi) is 7.91. The van der Waals surface area contributed by atoms with Gasteiger partial charge in [-0.1, -0.05) is 55.3 Å². The molecule has 1 aromatic rings. The molecule has 0 bridgehead atoms. The first kappa shape index (κ1) is 25.7. The van der Waals surface area contributed by atoms with Gasteiger partial charge in [0.1, 0.15) is 12.1 Å². The van der Waals surface area contributed by atoms with E-state index in [1.807, 2.05) is 24.3 Å². The van der Waals surface area contributed by atoms with E-state index >= 15 is 0 Å². The first-order chi connectivity index (χ1) is 17.3. The second-order valence-electron chi connectivity index (χ2n) is 10.2. The molecule has 192 valence electrons. The van der Waals surface area contributed by atoms with Crippen LogP contribution in [0.4, 0.5) is 0 Å². The molecule has 2 fully saturated rings. The van der Waals surface area contributed by atoms with Crippen molar-refractivity contribution in [2.24, 2.45) is 5.41 Å². The molecule has 2 atom stereocenters. The zero-order chi connectivity index (χ0) is 25.7. The van der Waals surface area contributed by atoms with Crippen LogP contribution in [0.25, 0.3) is 5.57 Å². The summed E-state index contributed by atoms with van der Waals surface area (Å²) in [5.41, 5.74) is 2.01. The van der Waals surface area contributed by atoms with Crippen molar-refractivity contribution in [1.29, 1.82) is 0 Å². The van der Waals surface area contributed by atoms with Crippen molar-refractivity contribution < 1.29 is 29.4 Å². The summed E-state index contributed by atoms with van der Waals surface area (Å²) in [7, 11) is 0. The Morgan fingerprint density at radius 1 is 1.03 bits per heavy atom. The standard InChI is InChI=1S/C28H34N2O6/c31-24(32)18-28(14-4-5-15-28)27(36)29-22(25(33)30-16-6-9-23(30)26(34)35)17-19-10-12-21(13-11-19)20-7-2-1-3-8-20/h2,7-8,10-13,22-23H,1,3-6,9,14-18H2,(H,29,36)(H,31,32)(H,34,35)/t22-,23+/m0/s1. The highest BCUT2D eigenvalue weighted by molar-refractivity contribution is 5.94. The quantitative estimate of drug-likeness (QED) is 0.482. The molecule has 1 heterocycles. The van der Waals surface area contributed by atoms with E-state index in [1.165, 1.54) is 4.90 Å². The Morgan fingerprint density at radius 3 is 2.36 bits per heavy atom. The maximum atomic E-state index is 13.6. The van der Waals surface area contributed by atoms with E-state index in [2.05, 4.69) is 23.5 Å². The Bertz CT molecular complexity index is 1070. The zero-order valence-corrected chi connectivity index (χ0v) is 20.4. The molecule has 0 radical (unpaired) electrons. The minimum absolute atomic E-state index is 0.200. The van der Waals surface area contributed by atoms with Crippen LogP contribution in [0.2, 0.25) is 0 Å². The molecule has 1 aliphatic heterocycles. The van der Waals surface area contributed by atoms with E-state index in [-0.39, 0.29) is 12.8 Å². The fourth-order valence-corrected chi connectivity index (χ4v) is 5.72. The summed E-state index contributed by atoms with van der Waals surface area (Å²) in [5, 5.41) is 21.9. The van der Waals surface area contributed by atoms with Crippen molar-refractivity contribution in [3.63, 3.8) is 0 Å². The van der Waals surface area contributed by atoms with Crippen molar-refractivity contribution in [1.82, 2.24) is 10.2 Å². The van der Waals surface area contributed by atoms with E-state index in [9.17, 15) is 29.4 Å². The molecule has 2 amide bonds. The Hall–Kier alpha value is -3.42. The number of nitrogens with one attached hydrogen (secondary N) is 1. The van der Waals surface area contributed by atoms with Gasteiger partial charge < -0.3 is 20.4 Å². The number of carboxylic acids is 2. The van der Waals surface area contributed by atoms with Crippen molar-refractivity contribution in [3.05, 3.63) is 53.6 Å². The predicted molar refractivity (Wildman–Crippen MR) is 134 cm³/mol. The molecule has 1 aromatic carbocycles. The molecule has 1 saturated heterocycles. The van der Waals surface area contributed by atoms with Gasteiger partial charge in [-0.3, -0.25) is 14.4 Å². The summed E-state index contributed by atoms with van der Waals surface area (Å²) >= 11 is 0. The van der Waals surface area contributed by atoms with Gasteiger partial charge in [0.25, 0.3) is 0 Å². The Morgan fingerprint density at radius 2 is 1.75 bits per heavy atom. The van der Waals surface area contributed by atoms with Crippen LogP contribution in [-0.4, -0.2) is 57.5 Å². The average molecular weight is 495 g/mol. The lowest BCUT2D eigenvalue weighted by Crippen LogP contribution is -2.55. The monoisotopic (exact) mass is 494 g/mol. The summed E-state index contributed by atoms with van der Waals surface area (Å²) in [6.45, 7) is 0.321. The van der Waals surface area contributed by atoms with Crippen molar-refractivity contribution in [3.8, 4) is 0 Å². The Balaban J connectivity index is 1.57. The molecule has 1 saturated carbocycles. The van der Waals surface area contributed by atoms with Gasteiger partial charge in [0, 0.05) is 13.0 Å². The average Bonchev–Trinajstić information content (AvgIpc) is 3.54. The van der Waals surface area contributed by atoms with Gasteiger partial charge >= 0.3 is 11.9 Å². The molecule has 3 N–H and O–H groups in total. The number of aliphatic carboxylic acids is 2. The summed E-state index contributed by atoms with van der Waals surface area (Å²) in [5.74, 6) is -2.95. The zero-order valence-electron chi connectivity index (χ0n) is 20.4. The maximum Gasteiger partial charge on any atom is 0.326 e. The van der Waals surface area contributed by atoms with Crippen LogP contribution < -0.4 is 5.32 Å². The van der Waals surface area contributed by atoms with Crippen LogP contribution in [-0.2, 0) is 25.6 Å². The second kappa shape index (κ2) is 11.1. The minimum atomic E-state index is -1.05. The first-order valence-corrected chi connectivity index (χ1v) is 12.8. The number of hydrogen-bond donors (Lipinski definition) is 3. The number of likely N-dealkylation sites (tertiary alicyclic amines) is 1. The number of rotatable bonds is 9. The third-order valence-corrected chi connectivity index (χ3v) is 7.68. The number of carbonyl (C=O) groups is 4. The molecule has 0 aromatic heterocycles. The number of carboxylic acid groups (broad SMARTS) is 2. The van der Waals surface area contributed by atoms with Gasteiger partial charge in [-0.2, -0.15) is 0 Å². The summed E-state index contributed by atoms with van der Waals surface area (Å²) in [6.07, 6.45) is 11.8. The van der Waals surface area contributed by atoms with E-state index in [1.54, 1.807) is 0 Å². The Labute approximate surface area is 211 Å². The molecule has 8 heteroatoms. The van der Waals surface area contributed by atoms with Crippen molar-refractivity contribution in [2.45, 2.75) is 76.3 Å². The molecule has 3 aliphatic rings. The summed E-state index contributed by atoms with van der Waals surface area (Å²) in [4.78, 5) is 51.6. The lowest BCUT2D eigenvalue weighted by atomic mass is 9.81. The highest BCUT2D eigenvalue weighted by Gasteiger charge is 2.45. The van der Waals surface area contributed by atoms with E-state index in [4.69, 9.17) is 0 Å². The largest absolute Gasteiger partial charge is 0.481 e. The minimum Gasteiger partial charge on any atom is -0.481 e. The maximum absolute atomic E-state index is 13.6. The molecule has 4 rings (SSSR count). The van der Waals surface area contributed by atoms with Crippen LogP contribution in [0.3, 0.4) is 0 Å². The lowest BCUT2D eigenvalue weighted by molar-refractivity contribution is -0.150. The smallest absolute Gasteiger partial charge is 0.326 e. The summed E-state index contributed by atoms with van der Waals surface area (Å²) in [6, 6.07) is 5.93. The molecule has 0 spiro atoms. The first-order valence-electron chi connectivity index (χ1n) is 12.8. The normalized spacial score (nSPS) is 21.6. The molecule has 8 nitrogen and oxygen atoms in total. The van der Waals surface area contributed by atoms with Gasteiger partial charge in [-0.15, -0.1) is 0 Å². The van der Waals surface area contributed by atoms with Gasteiger partial charge in [0.2, 0.25) is 11.8 Å². The lowest BCUT2D eigenvalue weighted by Gasteiger charge is -2.31. The predicted octanol–water partition coefficient (Wildman–Crippen LogP) is 3.56. The number of amides is 2. The van der Waals surface area contributed by atoms with Crippen LogP contribution in [0.15, 0.2) is 42.5 Å². The SMILES string of the molecule is O=C(O)CC1(C(=O)N[C@@H](Cc2ccc(C3=CCCC=C3)cc2)C(=O)N2CCC[C@@H]2C(=O)O)CCCC1. The highest BCUT2D eigenvalue weighted by atomic mass is 16.4. The van der Waals surface area contributed by atoms with E-state index < -0.39 is 41.3 Å². The number of allylic oxidation sites excluding steroid dienone is 4. The fourth-order valence-electron chi connectivity index (χ4n) is 5.72. The topological polar surface area (TPSA) is 124 Å². The van der Waals surface area contributed by atoms with E-state index in [0.29, 0.717) is 32.2 Å². The number of nitrogens with zero attached hydrogens (tertiary/aromatic N) is 1. The fraction of sp³-hybridized carbons (Fsp3) is 0.500. The third kappa shape index (κ3) is 5.69. The van der Waals surface area contributed by atoms with Gasteiger partial charge in [-0.05, 0) is 55.2 Å². The van der Waals surface area contributed by atoms with Crippen LogP contribution in [0.1, 0.15) is 68.9 Å². The van der Waals surface area contributed by atoms with Gasteiger partial charge in [0.05, 0.1) is 11.8 Å². The van der Waals surface area contributed by atoms with Crippen LogP contribution in [0.5, 0.6) is 0 Å². The van der Waals surface area contributed by atoms with Crippen LogP contribution in [0, 0.1) is 5.41 Å². The molecular weight excluding hydrogens is 460 g/mol. The van der Waals surface area contributed by atoms with Crippen LogP contribution >= 0.6 is 0 Å². The number of hydrogen-bond acceptors (Lipinski definition) is 4. The third-order valence-electron chi connectivity index (χ3n) is 7.68. The van der Waals surface area contributed by atoms with Gasteiger partial charge in [0.15, 0.2) is 0 Å². The summed E-state index contributed by atoms with van der Waals surface area (Å²) < 4.78 is 0. The molecule has 36 heavy (non-hydrogen) atoms. The number of carbonyl (C=O) groups excluding carboxylic acids is 2. The second-order valence-corrected chi connectivity index (χ2v) is 10.2. The molecule has 2 aliphatic carbocycles. The van der Waals surface area contributed by atoms with Crippen molar-refractivity contribution >= 4 is 29.3 Å². The molecular formula is C28H34N2O6. The highest BCUT2D eigenvalue weighted by Crippen LogP contribution is 2.41. The van der Waals surface area contributed by atoms with Gasteiger partial charge in [-0.25, -0.2) is 4.79 Å². The van der Waals surface area contributed by atoms with E-state index in [0.717, 1.165) is 42.4 Å². The molecule has 0 unspecified atom stereocenters.